The first-order valence-corrected chi connectivity index (χ1v) is 9.41. The highest BCUT2D eigenvalue weighted by Gasteiger charge is 2.16. The van der Waals surface area contributed by atoms with Gasteiger partial charge in [-0.25, -0.2) is 0 Å². The van der Waals surface area contributed by atoms with Crippen molar-refractivity contribution in [2.45, 2.75) is 6.92 Å². The fourth-order valence-corrected chi connectivity index (χ4v) is 4.08. The number of rotatable bonds is 4. The number of hydrogen-bond acceptors (Lipinski definition) is 7. The van der Waals surface area contributed by atoms with Crippen molar-refractivity contribution in [3.63, 3.8) is 0 Å². The highest BCUT2D eigenvalue weighted by molar-refractivity contribution is 7.23. The van der Waals surface area contributed by atoms with Gasteiger partial charge in [0, 0.05) is 0 Å². The van der Waals surface area contributed by atoms with Crippen LogP contribution < -0.4 is 16.0 Å². The monoisotopic (exact) mass is 395 g/mol. The maximum atomic E-state index is 12.6. The average Bonchev–Trinajstić information content (AvgIpc) is 3.04. The molecule has 0 bridgehead atoms. The zero-order valence-electron chi connectivity index (χ0n) is 15.3. The molecule has 7 nitrogen and oxygen atoms in total. The molecule has 0 atom stereocenters. The smallest absolute Gasteiger partial charge is 0.283 e. The Bertz CT molecular complexity index is 1260. The Labute approximate surface area is 164 Å². The highest BCUT2D eigenvalue weighted by Crippen LogP contribution is 2.31. The van der Waals surface area contributed by atoms with Gasteiger partial charge >= 0.3 is 0 Å². The van der Waals surface area contributed by atoms with Gasteiger partial charge in [0.05, 0.1) is 29.5 Å². The normalized spacial score (nSPS) is 15.4. The van der Waals surface area contributed by atoms with Gasteiger partial charge in [0.25, 0.3) is 5.56 Å². The van der Waals surface area contributed by atoms with Crippen molar-refractivity contribution < 1.29 is 14.3 Å². The Morgan fingerprint density at radius 1 is 1.29 bits per heavy atom. The molecule has 0 aliphatic heterocycles. The lowest BCUT2D eigenvalue weighted by Crippen LogP contribution is -2.16. The van der Waals surface area contributed by atoms with Gasteiger partial charge in [-0.15, -0.1) is 0 Å². The average molecular weight is 395 g/mol. The summed E-state index contributed by atoms with van der Waals surface area (Å²) in [6.07, 6.45) is 6.17. The summed E-state index contributed by atoms with van der Waals surface area (Å²) in [6.45, 7) is 2.49. The van der Waals surface area contributed by atoms with E-state index in [0.29, 0.717) is 17.1 Å². The molecule has 0 unspecified atom stereocenters. The SMILES string of the molecule is CCOc1ccc2c(c1)sc1nc(=O)c(C=C3C=CC(=O)C(OC)=C3)c(N)n12. The fourth-order valence-electron chi connectivity index (χ4n) is 3.02. The number of nitrogen functional groups attached to an aromatic ring is 1. The van der Waals surface area contributed by atoms with Crippen molar-refractivity contribution in [3.05, 3.63) is 63.7 Å². The van der Waals surface area contributed by atoms with Crippen LogP contribution >= 0.6 is 11.3 Å². The van der Waals surface area contributed by atoms with Crippen LogP contribution in [0.3, 0.4) is 0 Å². The topological polar surface area (TPSA) is 95.9 Å². The molecule has 0 saturated carbocycles. The summed E-state index contributed by atoms with van der Waals surface area (Å²) in [5, 5.41) is 0. The lowest BCUT2D eigenvalue weighted by atomic mass is 10.0. The second kappa shape index (κ2) is 6.97. The number of hydrogen-bond donors (Lipinski definition) is 1. The minimum Gasteiger partial charge on any atom is -0.494 e. The van der Waals surface area contributed by atoms with Gasteiger partial charge in [-0.05, 0) is 48.9 Å². The van der Waals surface area contributed by atoms with Gasteiger partial charge in [0.2, 0.25) is 5.78 Å². The van der Waals surface area contributed by atoms with E-state index in [4.69, 9.17) is 15.2 Å². The van der Waals surface area contributed by atoms with Gasteiger partial charge in [-0.1, -0.05) is 17.4 Å². The second-order valence-corrected chi connectivity index (χ2v) is 7.06. The second-order valence-electron chi connectivity index (χ2n) is 6.05. The van der Waals surface area contributed by atoms with Crippen LogP contribution in [0.1, 0.15) is 12.5 Å². The van der Waals surface area contributed by atoms with Crippen LogP contribution in [-0.4, -0.2) is 28.9 Å². The Balaban J connectivity index is 1.91. The zero-order chi connectivity index (χ0) is 19.8. The number of benzene rings is 1. The van der Waals surface area contributed by atoms with Crippen LogP contribution in [0.2, 0.25) is 0 Å². The fraction of sp³-hybridized carbons (Fsp3) is 0.150. The van der Waals surface area contributed by atoms with E-state index in [1.807, 2.05) is 25.1 Å². The molecule has 2 N–H and O–H groups in total. The lowest BCUT2D eigenvalue weighted by molar-refractivity contribution is -0.114. The van der Waals surface area contributed by atoms with Crippen molar-refractivity contribution in [1.82, 2.24) is 9.38 Å². The van der Waals surface area contributed by atoms with Crippen LogP contribution in [0.25, 0.3) is 21.3 Å². The molecule has 0 spiro atoms. The minimum atomic E-state index is -0.431. The number of methoxy groups -OCH3 is 1. The molecule has 4 rings (SSSR count). The number of ether oxygens (including phenoxy) is 2. The highest BCUT2D eigenvalue weighted by atomic mass is 32.1. The molecule has 2 aromatic heterocycles. The third-order valence-corrected chi connectivity index (χ3v) is 5.32. The predicted molar refractivity (Wildman–Crippen MR) is 110 cm³/mol. The summed E-state index contributed by atoms with van der Waals surface area (Å²) in [6, 6.07) is 5.66. The van der Waals surface area contributed by atoms with E-state index in [0.717, 1.165) is 16.0 Å². The van der Waals surface area contributed by atoms with Gasteiger partial charge in [-0.2, -0.15) is 4.98 Å². The number of thiazole rings is 1. The van der Waals surface area contributed by atoms with Gasteiger partial charge in [0.15, 0.2) is 10.7 Å². The Morgan fingerprint density at radius 3 is 2.86 bits per heavy atom. The molecule has 8 heteroatoms. The molecular formula is C20H17N3O4S. The molecule has 1 aliphatic carbocycles. The minimum absolute atomic E-state index is 0.200. The molecule has 28 heavy (non-hydrogen) atoms. The Morgan fingerprint density at radius 2 is 2.11 bits per heavy atom. The van der Waals surface area contributed by atoms with Crippen molar-refractivity contribution in [2.24, 2.45) is 0 Å². The van der Waals surface area contributed by atoms with E-state index < -0.39 is 5.56 Å². The number of fused-ring (bicyclic) bond motifs is 3. The summed E-state index contributed by atoms with van der Waals surface area (Å²) >= 11 is 1.37. The van der Waals surface area contributed by atoms with Crippen molar-refractivity contribution >= 4 is 44.2 Å². The van der Waals surface area contributed by atoms with Crippen molar-refractivity contribution in [1.29, 1.82) is 0 Å². The third-order valence-electron chi connectivity index (χ3n) is 4.32. The van der Waals surface area contributed by atoms with Crippen molar-refractivity contribution in [3.8, 4) is 5.75 Å². The number of carbonyl (C=O) groups excluding carboxylic acids is 1. The number of allylic oxidation sites excluding steroid dienone is 4. The van der Waals surface area contributed by atoms with Crippen LogP contribution in [0.15, 0.2) is 52.6 Å². The van der Waals surface area contributed by atoms with Crippen LogP contribution in [0, 0.1) is 0 Å². The lowest BCUT2D eigenvalue weighted by Gasteiger charge is -2.09. The molecule has 3 aromatic rings. The number of ketones is 1. The van der Waals surface area contributed by atoms with Crippen LogP contribution in [-0.2, 0) is 9.53 Å². The first kappa shape index (κ1) is 18.0. The summed E-state index contributed by atoms with van der Waals surface area (Å²) < 4.78 is 13.3. The standard InChI is InChI=1S/C20H17N3O4S/c1-3-27-12-5-6-14-17(10-12)28-20-22-19(25)13(18(21)23(14)20)8-11-4-7-15(24)16(9-11)26-2/h4-10H,3,21H2,1-2H3. The third kappa shape index (κ3) is 2.97. The summed E-state index contributed by atoms with van der Waals surface area (Å²) in [5.41, 5.74) is 7.64. The maximum absolute atomic E-state index is 12.6. The molecule has 2 heterocycles. The van der Waals surface area contributed by atoms with E-state index in [2.05, 4.69) is 4.98 Å². The van der Waals surface area contributed by atoms with E-state index in [9.17, 15) is 9.59 Å². The first-order valence-electron chi connectivity index (χ1n) is 8.59. The van der Waals surface area contributed by atoms with E-state index >= 15 is 0 Å². The Hall–Kier alpha value is -3.39. The number of aromatic nitrogens is 2. The summed E-state index contributed by atoms with van der Waals surface area (Å²) in [7, 11) is 1.42. The van der Waals surface area contributed by atoms with Gasteiger partial charge in [-0.3, -0.25) is 14.0 Å². The van der Waals surface area contributed by atoms with Crippen molar-refractivity contribution in [2.75, 3.05) is 19.5 Å². The molecule has 0 saturated heterocycles. The quantitative estimate of drug-likeness (QED) is 0.730. The number of nitrogens with two attached hydrogens (primary N) is 1. The number of nitrogens with zero attached hydrogens (tertiary/aromatic N) is 2. The molecule has 0 radical (unpaired) electrons. The predicted octanol–water partition coefficient (Wildman–Crippen LogP) is 2.94. The van der Waals surface area contributed by atoms with E-state index in [-0.39, 0.29) is 22.9 Å². The van der Waals surface area contributed by atoms with E-state index in [1.54, 1.807) is 22.6 Å². The number of carbonyl (C=O) groups is 1. The molecule has 1 aliphatic rings. The molecule has 142 valence electrons. The van der Waals surface area contributed by atoms with Crippen LogP contribution in [0.5, 0.6) is 5.75 Å². The van der Waals surface area contributed by atoms with Gasteiger partial charge < -0.3 is 15.2 Å². The summed E-state index contributed by atoms with van der Waals surface area (Å²) in [4.78, 5) is 29.0. The largest absolute Gasteiger partial charge is 0.494 e. The summed E-state index contributed by atoms with van der Waals surface area (Å²) in [5.74, 6) is 1.01. The maximum Gasteiger partial charge on any atom is 0.283 e. The molecule has 1 aromatic carbocycles. The molecule has 0 amide bonds. The Kier molecular flexibility index (Phi) is 4.48. The number of anilines is 1. The van der Waals surface area contributed by atoms with Crippen LogP contribution in [0.4, 0.5) is 5.82 Å². The first-order chi connectivity index (χ1) is 13.5. The van der Waals surface area contributed by atoms with Gasteiger partial charge in [0.1, 0.15) is 11.6 Å². The van der Waals surface area contributed by atoms with E-state index in [1.165, 1.54) is 24.5 Å². The zero-order valence-corrected chi connectivity index (χ0v) is 16.1. The molecular weight excluding hydrogens is 378 g/mol. The molecule has 0 fully saturated rings.